The fourth-order valence-electron chi connectivity index (χ4n) is 5.82. The third-order valence-corrected chi connectivity index (χ3v) is 10.1. The molecule has 2 aromatic heterocycles. The van der Waals surface area contributed by atoms with Gasteiger partial charge in [-0.3, -0.25) is 4.98 Å². The summed E-state index contributed by atoms with van der Waals surface area (Å²) in [5.74, 6) is 0. The van der Waals surface area contributed by atoms with Crippen LogP contribution in [0.3, 0.4) is 0 Å². The van der Waals surface area contributed by atoms with Gasteiger partial charge in [0.1, 0.15) is 0 Å². The second-order valence-corrected chi connectivity index (χ2v) is 11.8. The maximum absolute atomic E-state index is 4.41. The van der Waals surface area contributed by atoms with Crippen molar-refractivity contribution in [2.45, 2.75) is 0 Å². The van der Waals surface area contributed by atoms with Gasteiger partial charge in [0.25, 0.3) is 0 Å². The van der Waals surface area contributed by atoms with Gasteiger partial charge < -0.3 is 0 Å². The normalized spacial score (nSPS) is 11.8. The zero-order valence-electron chi connectivity index (χ0n) is 20.0. The molecule has 0 atom stereocenters. The Morgan fingerprint density at radius 3 is 2.03 bits per heavy atom. The summed E-state index contributed by atoms with van der Waals surface area (Å²) in [6.45, 7) is 0. The van der Waals surface area contributed by atoms with Crippen molar-refractivity contribution in [2.75, 3.05) is 0 Å². The average molecular weight is 535 g/mol. The van der Waals surface area contributed by atoms with Crippen LogP contribution in [0.5, 0.6) is 0 Å². The third kappa shape index (κ3) is 3.20. The molecule has 0 bridgehead atoms. The molecule has 6 aromatic carbocycles. The Balaban J connectivity index is 1.34. The van der Waals surface area contributed by atoms with Gasteiger partial charge in [-0.15, -0.1) is 0 Å². The Morgan fingerprint density at radius 2 is 1.11 bits per heavy atom. The molecule has 0 aliphatic rings. The first-order valence-corrected chi connectivity index (χ1v) is 14.3. The molecule has 0 unspecified atom stereocenters. The summed E-state index contributed by atoms with van der Waals surface area (Å²) in [5.41, 5.74) is 5.15. The fourth-order valence-corrected chi connectivity index (χ4v) is 8.42. The van der Waals surface area contributed by atoms with Crippen molar-refractivity contribution in [3.8, 4) is 22.3 Å². The maximum atomic E-state index is 4.41. The molecule has 2 heteroatoms. The number of hydrogen-bond donors (Lipinski definition) is 0. The molecule has 0 amide bonds. The Labute approximate surface area is 220 Å². The second-order valence-electron chi connectivity index (χ2n) is 9.59. The van der Waals surface area contributed by atoms with Crippen LogP contribution in [-0.2, 0) is 0 Å². The summed E-state index contributed by atoms with van der Waals surface area (Å²) in [7, 11) is 0. The Kier molecular flexibility index (Phi) is 4.60. The van der Waals surface area contributed by atoms with Crippen molar-refractivity contribution in [1.82, 2.24) is 4.98 Å². The molecular weight excluding hydrogens is 513 g/mol. The van der Waals surface area contributed by atoms with Gasteiger partial charge in [0.15, 0.2) is 0 Å². The fraction of sp³-hybridized carbons (Fsp3) is 0. The number of benzene rings is 6. The van der Waals surface area contributed by atoms with E-state index >= 15 is 0 Å². The summed E-state index contributed by atoms with van der Waals surface area (Å²) in [6.07, 6.45) is 3.89. The molecule has 2 heterocycles. The Hall–Kier alpha value is -4.23. The predicted octanol–water partition coefficient (Wildman–Crippen LogP) is 9.24. The van der Waals surface area contributed by atoms with Gasteiger partial charge >= 0.3 is 216 Å². The van der Waals surface area contributed by atoms with E-state index in [0.29, 0.717) is 14.5 Å². The standard InChI is InChI=1S/C35H21NSe/c1-2-10-27-26(9-1)32-20-23(15-16-28(32)29-17-18-36-21-33(27)29)22-7-5-8-24(19-22)25-12-6-13-31-30-11-3-4-14-34(30)37-35(25)31/h1-21H. The van der Waals surface area contributed by atoms with Gasteiger partial charge in [-0.05, 0) is 0 Å². The number of aromatic nitrogens is 1. The third-order valence-electron chi connectivity index (χ3n) is 7.55. The molecule has 0 aliphatic carbocycles. The molecule has 0 fully saturated rings. The van der Waals surface area contributed by atoms with Gasteiger partial charge in [-0.25, -0.2) is 0 Å². The van der Waals surface area contributed by atoms with Crippen molar-refractivity contribution in [2.24, 2.45) is 0 Å². The van der Waals surface area contributed by atoms with E-state index in [9.17, 15) is 0 Å². The first-order chi connectivity index (χ1) is 18.3. The van der Waals surface area contributed by atoms with Crippen LogP contribution in [0.4, 0.5) is 0 Å². The number of hydrogen-bond acceptors (Lipinski definition) is 1. The zero-order chi connectivity index (χ0) is 24.3. The molecule has 0 saturated heterocycles. The molecule has 172 valence electrons. The van der Waals surface area contributed by atoms with Crippen LogP contribution in [0.25, 0.3) is 73.9 Å². The van der Waals surface area contributed by atoms with Gasteiger partial charge in [0.2, 0.25) is 0 Å². The van der Waals surface area contributed by atoms with Crippen molar-refractivity contribution in [1.29, 1.82) is 0 Å². The first kappa shape index (κ1) is 20.9. The predicted molar refractivity (Wildman–Crippen MR) is 160 cm³/mol. The van der Waals surface area contributed by atoms with Crippen LogP contribution in [-0.4, -0.2) is 19.5 Å². The molecule has 0 aliphatic heterocycles. The van der Waals surface area contributed by atoms with Gasteiger partial charge in [-0.2, -0.15) is 0 Å². The minimum atomic E-state index is 0.330. The minimum absolute atomic E-state index is 0.330. The van der Waals surface area contributed by atoms with Crippen molar-refractivity contribution >= 4 is 66.1 Å². The molecule has 0 N–H and O–H groups in total. The van der Waals surface area contributed by atoms with E-state index in [4.69, 9.17) is 0 Å². The van der Waals surface area contributed by atoms with Gasteiger partial charge in [0.05, 0.1) is 0 Å². The average Bonchev–Trinajstić information content (AvgIpc) is 3.36. The molecule has 37 heavy (non-hydrogen) atoms. The Morgan fingerprint density at radius 1 is 0.432 bits per heavy atom. The monoisotopic (exact) mass is 535 g/mol. The van der Waals surface area contributed by atoms with E-state index in [1.54, 1.807) is 0 Å². The molecular formula is C35H21NSe. The molecule has 8 aromatic rings. The summed E-state index contributed by atoms with van der Waals surface area (Å²) in [6, 6.07) is 42.5. The summed E-state index contributed by atoms with van der Waals surface area (Å²) in [4.78, 5) is 4.41. The van der Waals surface area contributed by atoms with Crippen molar-refractivity contribution < 1.29 is 0 Å². The molecule has 8 rings (SSSR count). The molecule has 0 radical (unpaired) electrons. The summed E-state index contributed by atoms with van der Waals surface area (Å²) in [5, 5.41) is 10.4. The van der Waals surface area contributed by atoms with E-state index < -0.39 is 0 Å². The molecule has 0 saturated carbocycles. The Bertz CT molecular complexity index is 2120. The van der Waals surface area contributed by atoms with E-state index in [0.717, 1.165) is 0 Å². The second kappa shape index (κ2) is 8.14. The van der Waals surface area contributed by atoms with Crippen LogP contribution in [0.2, 0.25) is 0 Å². The summed E-state index contributed by atoms with van der Waals surface area (Å²) >= 11 is 0.330. The zero-order valence-corrected chi connectivity index (χ0v) is 21.7. The van der Waals surface area contributed by atoms with Crippen LogP contribution < -0.4 is 0 Å². The van der Waals surface area contributed by atoms with Gasteiger partial charge in [0, 0.05) is 0 Å². The first-order valence-electron chi connectivity index (χ1n) is 12.5. The number of nitrogens with zero attached hydrogens (tertiary/aromatic N) is 1. The molecule has 0 spiro atoms. The van der Waals surface area contributed by atoms with E-state index in [-0.39, 0.29) is 0 Å². The SMILES string of the molecule is c1cc(-c2ccc3c4ccncc4c4ccccc4c3c2)cc(-c2cccc3c2[se]c2ccccc23)c1. The van der Waals surface area contributed by atoms with Crippen LogP contribution in [0, 0.1) is 0 Å². The molecule has 1 nitrogen and oxygen atoms in total. The van der Waals surface area contributed by atoms with Crippen LogP contribution in [0.1, 0.15) is 0 Å². The van der Waals surface area contributed by atoms with Crippen molar-refractivity contribution in [3.05, 3.63) is 128 Å². The van der Waals surface area contributed by atoms with E-state index in [1.807, 2.05) is 12.4 Å². The van der Waals surface area contributed by atoms with Crippen molar-refractivity contribution in [3.63, 3.8) is 0 Å². The van der Waals surface area contributed by atoms with Gasteiger partial charge in [-0.1, -0.05) is 0 Å². The number of fused-ring (bicyclic) bond motifs is 9. The topological polar surface area (TPSA) is 12.9 Å². The van der Waals surface area contributed by atoms with E-state index in [1.165, 1.54) is 73.9 Å². The van der Waals surface area contributed by atoms with E-state index in [2.05, 4.69) is 120 Å². The van der Waals surface area contributed by atoms with Crippen LogP contribution in [0.15, 0.2) is 128 Å². The quantitative estimate of drug-likeness (QED) is 0.159. The van der Waals surface area contributed by atoms with Crippen LogP contribution >= 0.6 is 0 Å². The number of pyridine rings is 1. The number of rotatable bonds is 2. The summed E-state index contributed by atoms with van der Waals surface area (Å²) < 4.78 is 2.98.